The van der Waals surface area contributed by atoms with Crippen LogP contribution in [0, 0.1) is 6.92 Å². The number of hydrogen-bond donors (Lipinski definition) is 2. The quantitative estimate of drug-likeness (QED) is 0.472. The Labute approximate surface area is 192 Å². The zero-order chi connectivity index (χ0) is 22.9. The molecule has 1 heterocycles. The van der Waals surface area contributed by atoms with Crippen molar-refractivity contribution in [3.05, 3.63) is 69.7 Å². The average Bonchev–Trinajstić information content (AvgIpc) is 3.23. The van der Waals surface area contributed by atoms with Gasteiger partial charge < -0.3 is 15.4 Å². The molecule has 0 aliphatic heterocycles. The highest BCUT2D eigenvalue weighted by Gasteiger charge is 2.14. The van der Waals surface area contributed by atoms with Gasteiger partial charge in [0.1, 0.15) is 10.8 Å². The molecule has 0 aliphatic rings. The Morgan fingerprint density at radius 1 is 1.06 bits per heavy atom. The van der Waals surface area contributed by atoms with Crippen LogP contribution in [0.1, 0.15) is 52.6 Å². The molecule has 32 heavy (non-hydrogen) atoms. The van der Waals surface area contributed by atoms with E-state index < -0.39 is 0 Å². The minimum absolute atomic E-state index is 0.0189. The first-order valence-electron chi connectivity index (χ1n) is 10.6. The molecule has 0 radical (unpaired) electrons. The maximum absolute atomic E-state index is 12.4. The van der Waals surface area contributed by atoms with E-state index in [0.717, 1.165) is 27.6 Å². The molecule has 0 spiro atoms. The molecule has 8 heteroatoms. The van der Waals surface area contributed by atoms with E-state index >= 15 is 0 Å². The number of benzene rings is 2. The fourth-order valence-corrected chi connectivity index (χ4v) is 3.76. The lowest BCUT2D eigenvalue weighted by atomic mass is 10.2. The third kappa shape index (κ3) is 7.16. The smallest absolute Gasteiger partial charge is 0.286 e. The highest BCUT2D eigenvalue weighted by molar-refractivity contribution is 7.13. The summed E-state index contributed by atoms with van der Waals surface area (Å²) in [5.74, 6) is 0.527. The molecular weight excluding hydrogens is 424 g/mol. The predicted octanol–water partition coefficient (Wildman–Crippen LogP) is 4.53. The van der Waals surface area contributed by atoms with Crippen molar-refractivity contribution < 1.29 is 14.3 Å². The number of nitrogens with one attached hydrogen (secondary N) is 2. The van der Waals surface area contributed by atoms with Crippen molar-refractivity contribution in [3.63, 3.8) is 0 Å². The number of carbonyl (C=O) groups excluding carboxylic acids is 2. The first-order valence-corrected chi connectivity index (χ1v) is 11.4. The fraction of sp³-hybridized carbons (Fsp3) is 0.333. The van der Waals surface area contributed by atoms with Crippen molar-refractivity contribution in [2.24, 2.45) is 0 Å². The lowest BCUT2D eigenvalue weighted by Crippen LogP contribution is -2.22. The lowest BCUT2D eigenvalue weighted by Gasteiger charge is -2.10. The largest absolute Gasteiger partial charge is 0.491 e. The molecule has 1 aromatic heterocycles. The summed E-state index contributed by atoms with van der Waals surface area (Å²) in [6.45, 7) is 6.37. The van der Waals surface area contributed by atoms with E-state index in [1.165, 1.54) is 11.3 Å². The van der Waals surface area contributed by atoms with Gasteiger partial charge in [-0.15, -0.1) is 10.2 Å². The maximum Gasteiger partial charge on any atom is 0.286 e. The molecule has 3 rings (SSSR count). The van der Waals surface area contributed by atoms with Crippen LogP contribution in [0.5, 0.6) is 5.75 Å². The molecule has 2 amide bonds. The number of carbonyl (C=O) groups is 2. The molecule has 0 saturated heterocycles. The van der Waals surface area contributed by atoms with Gasteiger partial charge in [-0.2, -0.15) is 0 Å². The molecule has 0 bridgehead atoms. The molecule has 2 N–H and O–H groups in total. The van der Waals surface area contributed by atoms with Gasteiger partial charge in [-0.1, -0.05) is 41.7 Å². The number of rotatable bonds is 10. The van der Waals surface area contributed by atoms with Gasteiger partial charge in [0.2, 0.25) is 10.9 Å². The summed E-state index contributed by atoms with van der Waals surface area (Å²) < 4.78 is 5.62. The third-order valence-electron chi connectivity index (χ3n) is 4.63. The fourth-order valence-electron chi connectivity index (χ4n) is 2.98. The number of hydrogen-bond acceptors (Lipinski definition) is 6. The summed E-state index contributed by atoms with van der Waals surface area (Å²) in [5.41, 5.74) is 2.76. The standard InChI is InChI=1S/C24H28N4O3S/c1-16(2)31-19-13-11-18(12-14-19)15-25-21(29)9-6-10-22-27-28-24(32-22)23(30)26-20-8-5-4-7-17(20)3/h4-5,7-8,11-14,16H,6,9-10,15H2,1-3H3,(H,25,29)(H,26,30). The molecule has 0 aliphatic carbocycles. The van der Waals surface area contributed by atoms with E-state index in [0.29, 0.717) is 30.8 Å². The van der Waals surface area contributed by atoms with Gasteiger partial charge in [0, 0.05) is 25.1 Å². The van der Waals surface area contributed by atoms with Crippen LogP contribution < -0.4 is 15.4 Å². The van der Waals surface area contributed by atoms with Gasteiger partial charge in [-0.05, 0) is 56.5 Å². The van der Waals surface area contributed by atoms with Crippen LogP contribution >= 0.6 is 11.3 Å². The molecule has 7 nitrogen and oxygen atoms in total. The van der Waals surface area contributed by atoms with Gasteiger partial charge in [-0.3, -0.25) is 9.59 Å². The van der Waals surface area contributed by atoms with Crippen LogP contribution in [-0.4, -0.2) is 28.1 Å². The van der Waals surface area contributed by atoms with Crippen LogP contribution in [0.25, 0.3) is 0 Å². The number of amides is 2. The Morgan fingerprint density at radius 3 is 2.53 bits per heavy atom. The SMILES string of the molecule is Cc1ccccc1NC(=O)c1nnc(CCCC(=O)NCc2ccc(OC(C)C)cc2)s1. The number of aromatic nitrogens is 2. The second kappa shape index (κ2) is 11.4. The van der Waals surface area contributed by atoms with Crippen LogP contribution in [0.2, 0.25) is 0 Å². The summed E-state index contributed by atoms with van der Waals surface area (Å²) >= 11 is 1.26. The van der Waals surface area contributed by atoms with Crippen LogP contribution in [0.15, 0.2) is 48.5 Å². The Bertz CT molecular complexity index is 1050. The first-order chi connectivity index (χ1) is 15.4. The van der Waals surface area contributed by atoms with Crippen LogP contribution in [-0.2, 0) is 17.8 Å². The normalized spacial score (nSPS) is 10.8. The molecule has 2 aromatic carbocycles. The number of anilines is 1. The van der Waals surface area contributed by atoms with Crippen molar-refractivity contribution in [3.8, 4) is 5.75 Å². The van der Waals surface area contributed by atoms with E-state index in [9.17, 15) is 9.59 Å². The Morgan fingerprint density at radius 2 is 1.81 bits per heavy atom. The van der Waals surface area contributed by atoms with Gasteiger partial charge in [0.15, 0.2) is 0 Å². The molecule has 0 fully saturated rings. The summed E-state index contributed by atoms with van der Waals surface area (Å²) in [6, 6.07) is 15.3. The van der Waals surface area contributed by atoms with Gasteiger partial charge in [-0.25, -0.2) is 0 Å². The number of aryl methyl sites for hydroxylation is 2. The third-order valence-corrected chi connectivity index (χ3v) is 5.62. The Hall–Kier alpha value is -3.26. The number of para-hydroxylation sites is 1. The first kappa shape index (κ1) is 23.4. The number of nitrogens with zero attached hydrogens (tertiary/aromatic N) is 2. The minimum Gasteiger partial charge on any atom is -0.491 e. The van der Waals surface area contributed by atoms with E-state index in [1.54, 1.807) is 0 Å². The molecule has 0 unspecified atom stereocenters. The van der Waals surface area contributed by atoms with Crippen molar-refractivity contribution in [1.29, 1.82) is 0 Å². The zero-order valence-corrected chi connectivity index (χ0v) is 19.4. The summed E-state index contributed by atoms with van der Waals surface area (Å²) in [6.07, 6.45) is 1.76. The summed E-state index contributed by atoms with van der Waals surface area (Å²) in [4.78, 5) is 24.5. The van der Waals surface area contributed by atoms with Gasteiger partial charge in [0.05, 0.1) is 6.10 Å². The van der Waals surface area contributed by atoms with Gasteiger partial charge in [0.25, 0.3) is 5.91 Å². The van der Waals surface area contributed by atoms with Crippen LogP contribution in [0.4, 0.5) is 5.69 Å². The summed E-state index contributed by atoms with van der Waals surface area (Å²) in [7, 11) is 0. The second-order valence-electron chi connectivity index (χ2n) is 7.71. The Balaban J connectivity index is 1.39. The minimum atomic E-state index is -0.273. The second-order valence-corrected chi connectivity index (χ2v) is 8.77. The summed E-state index contributed by atoms with van der Waals surface area (Å²) in [5, 5.41) is 14.9. The van der Waals surface area contributed by atoms with Crippen molar-refractivity contribution >= 4 is 28.8 Å². The predicted molar refractivity (Wildman–Crippen MR) is 126 cm³/mol. The van der Waals surface area contributed by atoms with Crippen molar-refractivity contribution in [2.75, 3.05) is 5.32 Å². The zero-order valence-electron chi connectivity index (χ0n) is 18.6. The van der Waals surface area contributed by atoms with Crippen molar-refractivity contribution in [1.82, 2.24) is 15.5 Å². The topological polar surface area (TPSA) is 93.2 Å². The lowest BCUT2D eigenvalue weighted by molar-refractivity contribution is -0.121. The van der Waals surface area contributed by atoms with E-state index in [1.807, 2.05) is 69.3 Å². The molecule has 0 atom stereocenters. The highest BCUT2D eigenvalue weighted by Crippen LogP contribution is 2.18. The highest BCUT2D eigenvalue weighted by atomic mass is 32.1. The molecule has 0 saturated carbocycles. The Kier molecular flexibility index (Phi) is 8.33. The van der Waals surface area contributed by atoms with Crippen LogP contribution in [0.3, 0.4) is 0 Å². The van der Waals surface area contributed by atoms with E-state index in [4.69, 9.17) is 4.74 Å². The molecule has 3 aromatic rings. The van der Waals surface area contributed by atoms with Crippen molar-refractivity contribution in [2.45, 2.75) is 52.7 Å². The van der Waals surface area contributed by atoms with E-state index in [-0.39, 0.29) is 17.9 Å². The average molecular weight is 453 g/mol. The molecular formula is C24H28N4O3S. The monoisotopic (exact) mass is 452 g/mol. The number of ether oxygens (including phenoxy) is 1. The van der Waals surface area contributed by atoms with Gasteiger partial charge >= 0.3 is 0 Å². The van der Waals surface area contributed by atoms with E-state index in [2.05, 4.69) is 20.8 Å². The molecule has 168 valence electrons. The maximum atomic E-state index is 12.4.